The van der Waals surface area contributed by atoms with Gasteiger partial charge in [-0.1, -0.05) is 25.7 Å². The monoisotopic (exact) mass is 281 g/mol. The molecule has 1 saturated carbocycles. The van der Waals surface area contributed by atoms with E-state index in [1.807, 2.05) is 4.68 Å². The van der Waals surface area contributed by atoms with E-state index in [9.17, 15) is 5.11 Å². The van der Waals surface area contributed by atoms with Crippen LogP contribution >= 0.6 is 0 Å². The first-order valence-corrected chi connectivity index (χ1v) is 7.70. The van der Waals surface area contributed by atoms with Gasteiger partial charge in [0.15, 0.2) is 0 Å². The molecule has 1 unspecified atom stereocenters. The van der Waals surface area contributed by atoms with Gasteiger partial charge in [0.25, 0.3) is 0 Å². The normalized spacial score (nSPS) is 20.9. The van der Waals surface area contributed by atoms with Crippen molar-refractivity contribution in [2.45, 2.75) is 76.5 Å². The van der Waals surface area contributed by atoms with E-state index in [0.717, 1.165) is 31.5 Å². The number of aliphatic hydroxyl groups is 1. The van der Waals surface area contributed by atoms with E-state index in [0.29, 0.717) is 6.42 Å². The van der Waals surface area contributed by atoms with Crippen LogP contribution in [-0.2, 0) is 11.2 Å². The summed E-state index contributed by atoms with van der Waals surface area (Å²) in [7, 11) is 1.72. The molecule has 5 nitrogen and oxygen atoms in total. The highest BCUT2D eigenvalue weighted by Crippen LogP contribution is 2.34. The summed E-state index contributed by atoms with van der Waals surface area (Å²) in [4.78, 5) is 4.30. The van der Waals surface area contributed by atoms with E-state index in [1.54, 1.807) is 13.4 Å². The zero-order valence-electron chi connectivity index (χ0n) is 12.9. The van der Waals surface area contributed by atoms with Gasteiger partial charge in [-0.15, -0.1) is 0 Å². The van der Waals surface area contributed by atoms with Crippen LogP contribution in [0.25, 0.3) is 0 Å². The predicted octanol–water partition coefficient (Wildman–Crippen LogP) is 2.50. The van der Waals surface area contributed by atoms with Crippen LogP contribution in [0.4, 0.5) is 0 Å². The number of aliphatic hydroxyl groups excluding tert-OH is 1. The topological polar surface area (TPSA) is 60.2 Å². The summed E-state index contributed by atoms with van der Waals surface area (Å²) in [5.74, 6) is 0.841. The Balaban J connectivity index is 2.12. The van der Waals surface area contributed by atoms with Crippen LogP contribution in [0.1, 0.15) is 64.2 Å². The van der Waals surface area contributed by atoms with E-state index < -0.39 is 11.7 Å². The van der Waals surface area contributed by atoms with Crippen molar-refractivity contribution in [3.8, 4) is 0 Å². The molecular weight excluding hydrogens is 254 g/mol. The zero-order valence-corrected chi connectivity index (χ0v) is 12.9. The molecule has 1 aromatic rings. The molecule has 0 spiro atoms. The third-order valence-corrected chi connectivity index (χ3v) is 4.48. The molecule has 2 rings (SSSR count). The molecular formula is C15H27N3O2. The molecule has 1 fully saturated rings. The Kier molecular flexibility index (Phi) is 5.16. The van der Waals surface area contributed by atoms with Gasteiger partial charge in [-0.25, -0.2) is 9.67 Å². The van der Waals surface area contributed by atoms with Crippen LogP contribution in [0, 0.1) is 0 Å². The van der Waals surface area contributed by atoms with Crippen molar-refractivity contribution < 1.29 is 9.84 Å². The lowest BCUT2D eigenvalue weighted by atomic mass is 9.86. The Bertz CT molecular complexity index is 409. The molecule has 20 heavy (non-hydrogen) atoms. The van der Waals surface area contributed by atoms with Crippen molar-refractivity contribution in [2.75, 3.05) is 7.11 Å². The van der Waals surface area contributed by atoms with E-state index in [2.05, 4.69) is 23.9 Å². The van der Waals surface area contributed by atoms with Gasteiger partial charge in [-0.05, 0) is 26.7 Å². The van der Waals surface area contributed by atoms with Crippen molar-refractivity contribution in [3.63, 3.8) is 0 Å². The molecule has 0 amide bonds. The Morgan fingerprint density at radius 3 is 2.50 bits per heavy atom. The number of hydrogen-bond donors (Lipinski definition) is 1. The molecule has 0 bridgehead atoms. The Morgan fingerprint density at radius 1 is 1.30 bits per heavy atom. The first-order valence-electron chi connectivity index (χ1n) is 7.70. The van der Waals surface area contributed by atoms with Crippen molar-refractivity contribution >= 4 is 0 Å². The Hall–Kier alpha value is -0.940. The van der Waals surface area contributed by atoms with Crippen molar-refractivity contribution in [2.24, 2.45) is 0 Å². The van der Waals surface area contributed by atoms with Crippen molar-refractivity contribution in [3.05, 3.63) is 12.2 Å². The standard InChI is InChI=1S/C15H27N3O2/c1-12(2)18-14(16-11-17-18)10-13(19)15(20-3)8-6-4-5-7-9-15/h11-13,19H,4-10H2,1-3H3. The Morgan fingerprint density at radius 2 is 1.95 bits per heavy atom. The number of hydrogen-bond acceptors (Lipinski definition) is 4. The number of nitrogens with zero attached hydrogens (tertiary/aromatic N) is 3. The highest BCUT2D eigenvalue weighted by atomic mass is 16.5. The quantitative estimate of drug-likeness (QED) is 0.842. The van der Waals surface area contributed by atoms with E-state index >= 15 is 0 Å². The smallest absolute Gasteiger partial charge is 0.138 e. The van der Waals surface area contributed by atoms with Crippen LogP contribution in [0.15, 0.2) is 6.33 Å². The molecule has 1 atom stereocenters. The fourth-order valence-corrected chi connectivity index (χ4v) is 3.21. The van der Waals surface area contributed by atoms with E-state index in [-0.39, 0.29) is 6.04 Å². The third kappa shape index (κ3) is 3.20. The first-order chi connectivity index (χ1) is 9.59. The van der Waals surface area contributed by atoms with Crippen molar-refractivity contribution in [1.82, 2.24) is 14.8 Å². The summed E-state index contributed by atoms with van der Waals surface area (Å²) < 4.78 is 7.64. The summed E-state index contributed by atoms with van der Waals surface area (Å²) in [6.45, 7) is 4.14. The maximum atomic E-state index is 10.7. The summed E-state index contributed by atoms with van der Waals surface area (Å²) in [5, 5.41) is 15.0. The molecule has 1 aromatic heterocycles. The average Bonchev–Trinajstić information content (AvgIpc) is 2.75. The lowest BCUT2D eigenvalue weighted by Gasteiger charge is -2.36. The molecule has 1 N–H and O–H groups in total. The predicted molar refractivity (Wildman–Crippen MR) is 77.6 cm³/mol. The van der Waals surface area contributed by atoms with Crippen LogP contribution in [0.3, 0.4) is 0 Å². The molecule has 5 heteroatoms. The number of rotatable bonds is 5. The van der Waals surface area contributed by atoms with E-state index in [4.69, 9.17) is 4.74 Å². The van der Waals surface area contributed by atoms with Gasteiger partial charge in [-0.3, -0.25) is 0 Å². The average molecular weight is 281 g/mol. The summed E-state index contributed by atoms with van der Waals surface area (Å²) in [5.41, 5.74) is -0.412. The largest absolute Gasteiger partial charge is 0.390 e. The van der Waals surface area contributed by atoms with Gasteiger partial charge >= 0.3 is 0 Å². The van der Waals surface area contributed by atoms with Crippen LogP contribution < -0.4 is 0 Å². The van der Waals surface area contributed by atoms with Gasteiger partial charge in [0.1, 0.15) is 12.2 Å². The molecule has 1 heterocycles. The minimum atomic E-state index is -0.521. The molecule has 114 valence electrons. The third-order valence-electron chi connectivity index (χ3n) is 4.48. The zero-order chi connectivity index (χ0) is 14.6. The minimum Gasteiger partial charge on any atom is -0.390 e. The lowest BCUT2D eigenvalue weighted by molar-refractivity contribution is -0.111. The number of ether oxygens (including phenoxy) is 1. The molecule has 1 aliphatic rings. The first kappa shape index (κ1) is 15.4. The highest BCUT2D eigenvalue weighted by molar-refractivity contribution is 4.98. The van der Waals surface area contributed by atoms with Gasteiger partial charge in [0.05, 0.1) is 11.7 Å². The fraction of sp³-hybridized carbons (Fsp3) is 0.867. The minimum absolute atomic E-state index is 0.257. The second-order valence-corrected chi connectivity index (χ2v) is 6.12. The van der Waals surface area contributed by atoms with Crippen LogP contribution in [0.2, 0.25) is 0 Å². The van der Waals surface area contributed by atoms with Crippen LogP contribution in [0.5, 0.6) is 0 Å². The summed E-state index contributed by atoms with van der Waals surface area (Å²) >= 11 is 0. The molecule has 0 saturated heterocycles. The Labute approximate surface area is 121 Å². The molecule has 1 aliphatic carbocycles. The lowest BCUT2D eigenvalue weighted by Crippen LogP contribution is -2.45. The highest BCUT2D eigenvalue weighted by Gasteiger charge is 2.39. The fourth-order valence-electron chi connectivity index (χ4n) is 3.21. The maximum absolute atomic E-state index is 10.7. The number of aromatic nitrogens is 3. The van der Waals surface area contributed by atoms with Gasteiger partial charge in [0.2, 0.25) is 0 Å². The van der Waals surface area contributed by atoms with E-state index in [1.165, 1.54) is 12.8 Å². The second kappa shape index (κ2) is 6.68. The van der Waals surface area contributed by atoms with Gasteiger partial charge < -0.3 is 9.84 Å². The second-order valence-electron chi connectivity index (χ2n) is 6.12. The SMILES string of the molecule is COC1(C(O)Cc2ncnn2C(C)C)CCCCCC1. The van der Waals surface area contributed by atoms with Gasteiger partial charge in [0, 0.05) is 19.6 Å². The number of methoxy groups -OCH3 is 1. The van der Waals surface area contributed by atoms with Gasteiger partial charge in [-0.2, -0.15) is 5.10 Å². The molecule has 0 radical (unpaired) electrons. The van der Waals surface area contributed by atoms with Crippen LogP contribution in [-0.4, -0.2) is 38.7 Å². The summed E-state index contributed by atoms with van der Waals surface area (Å²) in [6, 6.07) is 0.257. The molecule has 0 aliphatic heterocycles. The van der Waals surface area contributed by atoms with Crippen molar-refractivity contribution in [1.29, 1.82) is 0 Å². The maximum Gasteiger partial charge on any atom is 0.138 e. The molecule has 0 aromatic carbocycles. The summed E-state index contributed by atoms with van der Waals surface area (Å²) in [6.07, 6.45) is 8.14.